The molecule has 1 aliphatic rings. The maximum Gasteiger partial charge on any atom is 0.265 e. The first-order valence-corrected chi connectivity index (χ1v) is 14.6. The average Bonchev–Trinajstić information content (AvgIpc) is 3.63. The van der Waals surface area contributed by atoms with Gasteiger partial charge in [0.05, 0.1) is 12.7 Å². The topological polar surface area (TPSA) is 101 Å². The molecule has 2 aromatic carbocycles. The van der Waals surface area contributed by atoms with Crippen molar-refractivity contribution in [3.05, 3.63) is 70.2 Å². The normalized spacial score (nSPS) is 12.0. The molecule has 0 fully saturated rings. The van der Waals surface area contributed by atoms with Gasteiger partial charge in [-0.1, -0.05) is 31.2 Å². The third kappa shape index (κ3) is 9.14. The van der Waals surface area contributed by atoms with Gasteiger partial charge in [0.25, 0.3) is 11.8 Å². The number of rotatable bonds is 12. The number of carbonyl (C=O) groups is 3. The number of carbonyl (C=O) groups excluding carboxylic acids is 3. The Balaban J connectivity index is 0.00000323. The molecule has 0 radical (unpaired) electrons. The summed E-state index contributed by atoms with van der Waals surface area (Å²) in [4.78, 5) is 46.9. The molecule has 0 spiro atoms. The van der Waals surface area contributed by atoms with Crippen LogP contribution in [0.3, 0.4) is 0 Å². The van der Waals surface area contributed by atoms with Crippen LogP contribution < -0.4 is 10.6 Å². The molecule has 0 saturated heterocycles. The van der Waals surface area contributed by atoms with Gasteiger partial charge in [-0.25, -0.2) is 9.99 Å². The van der Waals surface area contributed by atoms with E-state index in [1.165, 1.54) is 27.4 Å². The van der Waals surface area contributed by atoms with Crippen LogP contribution in [0.25, 0.3) is 10.6 Å². The van der Waals surface area contributed by atoms with E-state index in [2.05, 4.69) is 27.8 Å². The SMILES string of the molecule is CCNCCN(CC(=O)N(C)N1Cc2ccccc2C1)C(=O)CNc1ccc(-c2ncc(C(=O)N(C)C)s2)cc1C.Cl.Cl. The Hall–Kier alpha value is -3.22. The average molecular weight is 651 g/mol. The van der Waals surface area contributed by atoms with Crippen molar-refractivity contribution in [1.29, 1.82) is 0 Å². The Kier molecular flexibility index (Phi) is 13.9. The van der Waals surface area contributed by atoms with Gasteiger partial charge in [0.1, 0.15) is 16.4 Å². The quantitative estimate of drug-likeness (QED) is 0.287. The minimum Gasteiger partial charge on any atom is -0.376 e. The van der Waals surface area contributed by atoms with Crippen LogP contribution >= 0.6 is 36.2 Å². The van der Waals surface area contributed by atoms with Crippen molar-refractivity contribution in [3.8, 4) is 10.6 Å². The van der Waals surface area contributed by atoms with Gasteiger partial charge in [-0.15, -0.1) is 36.2 Å². The predicted molar refractivity (Wildman–Crippen MR) is 177 cm³/mol. The first-order chi connectivity index (χ1) is 19.7. The smallest absolute Gasteiger partial charge is 0.265 e. The number of nitrogens with one attached hydrogen (secondary N) is 2. The standard InChI is InChI=1S/C30H39N7O3S.2ClH/c1-6-31-13-14-36(20-28(39)35(5)37-18-23-9-7-8-10-24(23)19-37)27(38)17-32-25-12-11-22(15-21(25)2)29-33-16-26(41-29)30(40)34(3)4;;/h7-12,15-16,31-32H,6,13-14,17-20H2,1-5H3;2*1H. The number of anilines is 1. The Morgan fingerprint density at radius 1 is 1.00 bits per heavy atom. The number of amides is 3. The zero-order chi connectivity index (χ0) is 29.5. The Morgan fingerprint density at radius 2 is 1.67 bits per heavy atom. The third-order valence-electron chi connectivity index (χ3n) is 7.12. The minimum absolute atomic E-state index is 0. The van der Waals surface area contributed by atoms with Crippen LogP contribution in [0.1, 0.15) is 33.3 Å². The summed E-state index contributed by atoms with van der Waals surface area (Å²) in [6, 6.07) is 14.0. The number of halogens is 2. The Labute approximate surface area is 270 Å². The van der Waals surface area contributed by atoms with E-state index in [1.807, 2.05) is 49.2 Å². The summed E-state index contributed by atoms with van der Waals surface area (Å²) in [6.07, 6.45) is 1.60. The summed E-state index contributed by atoms with van der Waals surface area (Å²) in [5.74, 6) is -0.348. The molecule has 0 atom stereocenters. The predicted octanol–water partition coefficient (Wildman–Crippen LogP) is 3.90. The minimum atomic E-state index is -0.149. The molecule has 3 aromatic rings. The van der Waals surface area contributed by atoms with Crippen molar-refractivity contribution in [2.24, 2.45) is 0 Å². The molecule has 0 aliphatic carbocycles. The van der Waals surface area contributed by atoms with Gasteiger partial charge in [-0.3, -0.25) is 19.4 Å². The van der Waals surface area contributed by atoms with E-state index in [4.69, 9.17) is 0 Å². The molecule has 3 amide bonds. The number of aryl methyl sites for hydroxylation is 1. The van der Waals surface area contributed by atoms with Gasteiger partial charge in [0, 0.05) is 58.6 Å². The zero-order valence-electron chi connectivity index (χ0n) is 25.3. The van der Waals surface area contributed by atoms with Gasteiger partial charge >= 0.3 is 0 Å². The van der Waals surface area contributed by atoms with Crippen molar-refractivity contribution in [1.82, 2.24) is 30.1 Å². The van der Waals surface area contributed by atoms with E-state index in [0.717, 1.165) is 28.4 Å². The fourth-order valence-corrected chi connectivity index (χ4v) is 5.57. The lowest BCUT2D eigenvalue weighted by atomic mass is 10.1. The summed E-state index contributed by atoms with van der Waals surface area (Å²) >= 11 is 1.35. The van der Waals surface area contributed by atoms with E-state index in [0.29, 0.717) is 31.1 Å². The van der Waals surface area contributed by atoms with E-state index in [-0.39, 0.29) is 55.6 Å². The third-order valence-corrected chi connectivity index (χ3v) is 8.16. The Morgan fingerprint density at radius 3 is 2.28 bits per heavy atom. The lowest BCUT2D eigenvalue weighted by Gasteiger charge is -2.31. The van der Waals surface area contributed by atoms with Gasteiger partial charge in [0.2, 0.25) is 5.91 Å². The second-order valence-corrected chi connectivity index (χ2v) is 11.3. The summed E-state index contributed by atoms with van der Waals surface area (Å²) in [5.41, 5.74) is 5.13. The van der Waals surface area contributed by atoms with Crippen LogP contribution in [0.2, 0.25) is 0 Å². The first kappa shape index (κ1) is 36.0. The van der Waals surface area contributed by atoms with Gasteiger partial charge in [-0.05, 0) is 48.4 Å². The Bertz CT molecular complexity index is 1380. The summed E-state index contributed by atoms with van der Waals surface area (Å²) in [7, 11) is 5.21. The highest BCUT2D eigenvalue weighted by molar-refractivity contribution is 7.16. The molecule has 0 unspecified atom stereocenters. The number of likely N-dealkylation sites (N-methyl/N-ethyl adjacent to an activating group) is 2. The van der Waals surface area contributed by atoms with Crippen molar-refractivity contribution in [3.63, 3.8) is 0 Å². The van der Waals surface area contributed by atoms with Gasteiger partial charge in [-0.2, -0.15) is 0 Å². The van der Waals surface area contributed by atoms with Crippen LogP contribution in [0.15, 0.2) is 48.7 Å². The lowest BCUT2D eigenvalue weighted by molar-refractivity contribution is -0.151. The molecular weight excluding hydrogens is 609 g/mol. The molecule has 2 N–H and O–H groups in total. The molecule has 0 bridgehead atoms. The highest BCUT2D eigenvalue weighted by Gasteiger charge is 2.27. The number of hydrazine groups is 1. The molecule has 1 aliphatic heterocycles. The van der Waals surface area contributed by atoms with Crippen LogP contribution in [0.4, 0.5) is 5.69 Å². The lowest BCUT2D eigenvalue weighted by Crippen LogP contribution is -2.49. The number of thiazole rings is 1. The second-order valence-electron chi connectivity index (χ2n) is 10.3. The molecular formula is C30H41Cl2N7O3S. The van der Waals surface area contributed by atoms with E-state index >= 15 is 0 Å². The fraction of sp³-hybridized carbons (Fsp3) is 0.400. The molecule has 1 aromatic heterocycles. The summed E-state index contributed by atoms with van der Waals surface area (Å²) < 4.78 is 0. The van der Waals surface area contributed by atoms with Gasteiger partial charge < -0.3 is 20.4 Å². The largest absolute Gasteiger partial charge is 0.376 e. The summed E-state index contributed by atoms with van der Waals surface area (Å²) in [6.45, 7) is 7.22. The summed E-state index contributed by atoms with van der Waals surface area (Å²) in [5, 5.41) is 10.9. The van der Waals surface area contributed by atoms with Crippen molar-refractivity contribution in [2.45, 2.75) is 26.9 Å². The molecule has 13 heteroatoms. The van der Waals surface area contributed by atoms with E-state index in [1.54, 1.807) is 37.2 Å². The second kappa shape index (κ2) is 16.6. The zero-order valence-corrected chi connectivity index (χ0v) is 27.7. The van der Waals surface area contributed by atoms with Crippen LogP contribution in [-0.2, 0) is 22.7 Å². The highest BCUT2D eigenvalue weighted by Crippen LogP contribution is 2.29. The molecule has 4 rings (SSSR count). The van der Waals surface area contributed by atoms with E-state index < -0.39 is 0 Å². The van der Waals surface area contributed by atoms with Crippen molar-refractivity contribution < 1.29 is 14.4 Å². The number of aromatic nitrogens is 1. The van der Waals surface area contributed by atoms with Crippen molar-refractivity contribution in [2.75, 3.05) is 59.2 Å². The van der Waals surface area contributed by atoms with Crippen molar-refractivity contribution >= 4 is 59.6 Å². The number of hydrogen-bond donors (Lipinski definition) is 2. The fourth-order valence-electron chi connectivity index (χ4n) is 4.64. The molecule has 234 valence electrons. The maximum atomic E-state index is 13.3. The number of benzene rings is 2. The first-order valence-electron chi connectivity index (χ1n) is 13.8. The maximum absolute atomic E-state index is 13.3. The van der Waals surface area contributed by atoms with Crippen LogP contribution in [0.5, 0.6) is 0 Å². The molecule has 0 saturated carbocycles. The van der Waals surface area contributed by atoms with E-state index in [9.17, 15) is 14.4 Å². The molecule has 10 nitrogen and oxygen atoms in total. The molecule has 2 heterocycles. The monoisotopic (exact) mass is 649 g/mol. The highest BCUT2D eigenvalue weighted by atomic mass is 35.5. The number of fused-ring (bicyclic) bond motifs is 1. The number of nitrogens with zero attached hydrogens (tertiary/aromatic N) is 5. The van der Waals surface area contributed by atoms with Crippen LogP contribution in [0, 0.1) is 6.92 Å². The molecule has 43 heavy (non-hydrogen) atoms. The van der Waals surface area contributed by atoms with Crippen LogP contribution in [-0.4, -0.2) is 96.4 Å². The van der Waals surface area contributed by atoms with Gasteiger partial charge in [0.15, 0.2) is 0 Å². The number of hydrogen-bond acceptors (Lipinski definition) is 8.